The molecule has 0 heterocycles. The average molecular weight is 288 g/mol. The van der Waals surface area contributed by atoms with E-state index in [2.05, 4.69) is 0 Å². The van der Waals surface area contributed by atoms with Gasteiger partial charge in [-0.1, -0.05) is 54.6 Å². The molecule has 0 fully saturated rings. The Hall–Kier alpha value is -3.00. The molecule has 3 aromatic carbocycles. The topological polar surface area (TPSA) is 29.5 Å². The van der Waals surface area contributed by atoms with Crippen molar-refractivity contribution < 1.29 is 9.84 Å². The summed E-state index contributed by atoms with van der Waals surface area (Å²) in [4.78, 5) is 0. The summed E-state index contributed by atoms with van der Waals surface area (Å²) >= 11 is 0. The highest BCUT2D eigenvalue weighted by atomic mass is 16.5. The third-order valence-corrected chi connectivity index (χ3v) is 3.22. The molecule has 0 bridgehead atoms. The second-order valence-electron chi connectivity index (χ2n) is 4.91. The predicted octanol–water partition coefficient (Wildman–Crippen LogP) is 5.35. The highest BCUT2D eigenvalue weighted by Gasteiger charge is 1.96. The van der Waals surface area contributed by atoms with Crippen molar-refractivity contribution in [3.63, 3.8) is 0 Å². The minimum atomic E-state index is 0.277. The standard InChI is InChI=1S/C20H16O2/c21-18-12-8-16(9-13-18)6-7-17-10-14-20(15-11-17)22-19-4-2-1-3-5-19/h1-15,21H/b7-6+. The van der Waals surface area contributed by atoms with Crippen LogP contribution in [0.3, 0.4) is 0 Å². The van der Waals surface area contributed by atoms with Gasteiger partial charge in [0.15, 0.2) is 0 Å². The number of ether oxygens (including phenoxy) is 1. The number of hydrogen-bond acceptors (Lipinski definition) is 2. The molecule has 2 heteroatoms. The summed E-state index contributed by atoms with van der Waals surface area (Å²) in [6.45, 7) is 0. The van der Waals surface area contributed by atoms with Gasteiger partial charge in [0.05, 0.1) is 0 Å². The Labute approximate surface area is 129 Å². The van der Waals surface area contributed by atoms with Crippen molar-refractivity contribution >= 4 is 12.2 Å². The summed E-state index contributed by atoms with van der Waals surface area (Å²) in [7, 11) is 0. The van der Waals surface area contributed by atoms with Crippen LogP contribution < -0.4 is 4.74 Å². The zero-order valence-corrected chi connectivity index (χ0v) is 12.0. The van der Waals surface area contributed by atoms with E-state index in [1.807, 2.05) is 78.9 Å². The molecule has 3 rings (SSSR count). The Morgan fingerprint density at radius 3 is 1.68 bits per heavy atom. The second kappa shape index (κ2) is 6.64. The fraction of sp³-hybridized carbons (Fsp3) is 0. The summed E-state index contributed by atoms with van der Waals surface area (Å²) in [5.41, 5.74) is 2.14. The van der Waals surface area contributed by atoms with Crippen LogP contribution in [-0.2, 0) is 0 Å². The van der Waals surface area contributed by atoms with E-state index in [0.29, 0.717) is 0 Å². The van der Waals surface area contributed by atoms with Crippen LogP contribution in [0.15, 0.2) is 78.9 Å². The fourth-order valence-corrected chi connectivity index (χ4v) is 2.05. The van der Waals surface area contributed by atoms with Crippen molar-refractivity contribution in [3.05, 3.63) is 90.0 Å². The van der Waals surface area contributed by atoms with Crippen molar-refractivity contribution in [3.8, 4) is 17.2 Å². The van der Waals surface area contributed by atoms with Crippen LogP contribution in [0, 0.1) is 0 Å². The van der Waals surface area contributed by atoms with Crippen molar-refractivity contribution in [1.82, 2.24) is 0 Å². The molecule has 2 nitrogen and oxygen atoms in total. The normalized spacial score (nSPS) is 10.7. The van der Waals surface area contributed by atoms with E-state index in [1.54, 1.807) is 12.1 Å². The third kappa shape index (κ3) is 3.76. The van der Waals surface area contributed by atoms with Crippen LogP contribution in [0.25, 0.3) is 12.2 Å². The van der Waals surface area contributed by atoms with E-state index in [9.17, 15) is 5.11 Å². The molecule has 0 atom stereocenters. The Morgan fingerprint density at radius 2 is 1.09 bits per heavy atom. The van der Waals surface area contributed by atoms with Crippen LogP contribution in [0.2, 0.25) is 0 Å². The van der Waals surface area contributed by atoms with Gasteiger partial charge >= 0.3 is 0 Å². The number of rotatable bonds is 4. The zero-order valence-electron chi connectivity index (χ0n) is 12.0. The summed E-state index contributed by atoms with van der Waals surface area (Å²) < 4.78 is 5.76. The maximum Gasteiger partial charge on any atom is 0.127 e. The van der Waals surface area contributed by atoms with Crippen LogP contribution in [-0.4, -0.2) is 5.11 Å². The average Bonchev–Trinajstić information content (AvgIpc) is 2.57. The molecule has 0 aliphatic heterocycles. The van der Waals surface area contributed by atoms with E-state index in [4.69, 9.17) is 4.74 Å². The molecule has 0 amide bonds. The predicted molar refractivity (Wildman–Crippen MR) is 90.0 cm³/mol. The van der Waals surface area contributed by atoms with Gasteiger partial charge < -0.3 is 9.84 Å². The van der Waals surface area contributed by atoms with Crippen LogP contribution in [0.4, 0.5) is 0 Å². The van der Waals surface area contributed by atoms with Gasteiger partial charge in [0.1, 0.15) is 17.2 Å². The molecule has 0 aliphatic carbocycles. The van der Waals surface area contributed by atoms with E-state index < -0.39 is 0 Å². The zero-order chi connectivity index (χ0) is 15.2. The molecular formula is C20H16O2. The Balaban J connectivity index is 1.67. The molecule has 108 valence electrons. The minimum Gasteiger partial charge on any atom is -0.508 e. The first kappa shape index (κ1) is 14.0. The SMILES string of the molecule is Oc1ccc(/C=C/c2ccc(Oc3ccccc3)cc2)cc1. The number of phenolic OH excluding ortho intramolecular Hbond substituents is 1. The minimum absolute atomic E-state index is 0.277. The molecule has 1 N–H and O–H groups in total. The summed E-state index contributed by atoms with van der Waals surface area (Å²) in [6.07, 6.45) is 4.03. The highest BCUT2D eigenvalue weighted by molar-refractivity contribution is 5.70. The maximum absolute atomic E-state index is 9.26. The van der Waals surface area contributed by atoms with Crippen LogP contribution in [0.5, 0.6) is 17.2 Å². The van der Waals surface area contributed by atoms with Gasteiger partial charge in [0.25, 0.3) is 0 Å². The molecule has 0 aliphatic rings. The molecular weight excluding hydrogens is 272 g/mol. The molecule has 0 saturated heterocycles. The number of para-hydroxylation sites is 1. The van der Waals surface area contributed by atoms with E-state index in [1.165, 1.54) is 0 Å². The first-order valence-electron chi connectivity index (χ1n) is 7.10. The van der Waals surface area contributed by atoms with Crippen LogP contribution in [0.1, 0.15) is 11.1 Å². The molecule has 0 aromatic heterocycles. The van der Waals surface area contributed by atoms with E-state index >= 15 is 0 Å². The van der Waals surface area contributed by atoms with Gasteiger partial charge in [-0.15, -0.1) is 0 Å². The van der Waals surface area contributed by atoms with Gasteiger partial charge in [-0.05, 0) is 47.5 Å². The first-order valence-corrected chi connectivity index (χ1v) is 7.10. The quantitative estimate of drug-likeness (QED) is 0.655. The number of benzene rings is 3. The summed E-state index contributed by atoms with van der Waals surface area (Å²) in [5.74, 6) is 1.92. The van der Waals surface area contributed by atoms with Gasteiger partial charge in [-0.25, -0.2) is 0 Å². The van der Waals surface area contributed by atoms with E-state index in [0.717, 1.165) is 22.6 Å². The molecule has 0 radical (unpaired) electrons. The maximum atomic E-state index is 9.26. The van der Waals surface area contributed by atoms with Crippen molar-refractivity contribution in [2.75, 3.05) is 0 Å². The summed E-state index contributed by atoms with van der Waals surface area (Å²) in [6, 6.07) is 24.7. The lowest BCUT2D eigenvalue weighted by Gasteiger charge is -2.05. The second-order valence-corrected chi connectivity index (χ2v) is 4.91. The number of phenols is 1. The first-order chi connectivity index (χ1) is 10.8. The molecule has 3 aromatic rings. The lowest BCUT2D eigenvalue weighted by atomic mass is 10.1. The lowest BCUT2D eigenvalue weighted by molar-refractivity contribution is 0.475. The van der Waals surface area contributed by atoms with Gasteiger partial charge in [0.2, 0.25) is 0 Å². The van der Waals surface area contributed by atoms with Gasteiger partial charge in [-0.3, -0.25) is 0 Å². The smallest absolute Gasteiger partial charge is 0.127 e. The lowest BCUT2D eigenvalue weighted by Crippen LogP contribution is -1.83. The van der Waals surface area contributed by atoms with Crippen molar-refractivity contribution in [2.45, 2.75) is 0 Å². The highest BCUT2D eigenvalue weighted by Crippen LogP contribution is 2.22. The monoisotopic (exact) mass is 288 g/mol. The van der Waals surface area contributed by atoms with Crippen molar-refractivity contribution in [1.29, 1.82) is 0 Å². The number of aromatic hydroxyl groups is 1. The Kier molecular flexibility index (Phi) is 4.21. The largest absolute Gasteiger partial charge is 0.508 e. The van der Waals surface area contributed by atoms with Crippen molar-refractivity contribution in [2.24, 2.45) is 0 Å². The molecule has 0 spiro atoms. The van der Waals surface area contributed by atoms with Gasteiger partial charge in [0, 0.05) is 0 Å². The van der Waals surface area contributed by atoms with Gasteiger partial charge in [-0.2, -0.15) is 0 Å². The molecule has 0 unspecified atom stereocenters. The Morgan fingerprint density at radius 1 is 0.591 bits per heavy atom. The van der Waals surface area contributed by atoms with E-state index in [-0.39, 0.29) is 5.75 Å². The molecule has 0 saturated carbocycles. The van der Waals surface area contributed by atoms with Crippen LogP contribution >= 0.6 is 0 Å². The number of hydrogen-bond donors (Lipinski definition) is 1. The third-order valence-electron chi connectivity index (χ3n) is 3.22. The summed E-state index contributed by atoms with van der Waals surface area (Å²) in [5, 5.41) is 9.26. The molecule has 22 heavy (non-hydrogen) atoms. The Bertz CT molecular complexity index is 742. The fourth-order valence-electron chi connectivity index (χ4n) is 2.05.